The zero-order valence-electron chi connectivity index (χ0n) is 19.3. The molecule has 33 heavy (non-hydrogen) atoms. The highest BCUT2D eigenvalue weighted by Gasteiger charge is 2.33. The smallest absolute Gasteiger partial charge is 0.310 e. The lowest BCUT2D eigenvalue weighted by Gasteiger charge is -2.35. The van der Waals surface area contributed by atoms with Gasteiger partial charge < -0.3 is 19.4 Å². The first-order valence-corrected chi connectivity index (χ1v) is 11.5. The topological polar surface area (TPSA) is 87.2 Å². The van der Waals surface area contributed by atoms with E-state index >= 15 is 0 Å². The molecular formula is C24H32FN3O5. The normalized spacial score (nSPS) is 20.8. The van der Waals surface area contributed by atoms with Crippen LogP contribution in [0.4, 0.5) is 4.39 Å². The Morgan fingerprint density at radius 2 is 1.61 bits per heavy atom. The maximum absolute atomic E-state index is 13.2. The number of amides is 3. The predicted octanol–water partition coefficient (Wildman–Crippen LogP) is 1.94. The Morgan fingerprint density at radius 3 is 2.27 bits per heavy atom. The van der Waals surface area contributed by atoms with Crippen LogP contribution in [0.15, 0.2) is 24.3 Å². The second-order valence-electron chi connectivity index (χ2n) is 8.72. The van der Waals surface area contributed by atoms with Gasteiger partial charge in [-0.15, -0.1) is 0 Å². The van der Waals surface area contributed by atoms with E-state index < -0.39 is 11.7 Å². The maximum Gasteiger partial charge on any atom is 0.310 e. The van der Waals surface area contributed by atoms with Crippen LogP contribution >= 0.6 is 0 Å². The van der Waals surface area contributed by atoms with Crippen LogP contribution in [-0.4, -0.2) is 84.8 Å². The van der Waals surface area contributed by atoms with Gasteiger partial charge in [0.05, 0.1) is 25.0 Å². The molecule has 2 unspecified atom stereocenters. The third-order valence-corrected chi connectivity index (χ3v) is 6.29. The van der Waals surface area contributed by atoms with Crippen molar-refractivity contribution in [1.82, 2.24) is 14.7 Å². The van der Waals surface area contributed by atoms with Gasteiger partial charge in [-0.25, -0.2) is 4.39 Å². The van der Waals surface area contributed by atoms with E-state index in [0.717, 1.165) is 6.42 Å². The average Bonchev–Trinajstić information content (AvgIpc) is 2.83. The van der Waals surface area contributed by atoms with E-state index in [9.17, 15) is 23.6 Å². The first-order valence-electron chi connectivity index (χ1n) is 11.5. The van der Waals surface area contributed by atoms with E-state index in [-0.39, 0.29) is 42.7 Å². The standard InChI is InChI=1S/C24H32FN3O5/c1-3-33-24(32)19-7-5-12-27(15-19)21(29)16-26(2)22(30)18-6-4-13-28(14-18)23(31)17-8-10-20(25)11-9-17/h8-11,18-19H,3-7,12-16H2,1-2H3. The van der Waals surface area contributed by atoms with Gasteiger partial charge in [0, 0.05) is 38.8 Å². The number of benzene rings is 1. The van der Waals surface area contributed by atoms with Gasteiger partial charge in [-0.05, 0) is 56.9 Å². The Bertz CT molecular complexity index is 875. The molecule has 2 atom stereocenters. The Labute approximate surface area is 193 Å². The summed E-state index contributed by atoms with van der Waals surface area (Å²) in [4.78, 5) is 55.2. The molecule has 180 valence electrons. The minimum absolute atomic E-state index is 0.0726. The Hall–Kier alpha value is -2.97. The molecule has 0 radical (unpaired) electrons. The zero-order chi connectivity index (χ0) is 24.0. The molecule has 8 nitrogen and oxygen atoms in total. The number of halogens is 1. The van der Waals surface area contributed by atoms with Crippen molar-refractivity contribution in [3.63, 3.8) is 0 Å². The van der Waals surface area contributed by atoms with Gasteiger partial charge in [-0.3, -0.25) is 19.2 Å². The van der Waals surface area contributed by atoms with E-state index in [1.807, 2.05) is 0 Å². The van der Waals surface area contributed by atoms with E-state index in [2.05, 4.69) is 0 Å². The van der Waals surface area contributed by atoms with Crippen molar-refractivity contribution in [2.24, 2.45) is 11.8 Å². The van der Waals surface area contributed by atoms with E-state index in [1.54, 1.807) is 23.8 Å². The summed E-state index contributed by atoms with van der Waals surface area (Å²) in [6.45, 7) is 3.65. The van der Waals surface area contributed by atoms with Gasteiger partial charge in [0.1, 0.15) is 5.82 Å². The third-order valence-electron chi connectivity index (χ3n) is 6.29. The molecule has 2 fully saturated rings. The molecule has 2 aliphatic heterocycles. The number of piperidine rings is 2. The maximum atomic E-state index is 13.2. The van der Waals surface area contributed by atoms with Crippen molar-refractivity contribution < 1.29 is 28.3 Å². The van der Waals surface area contributed by atoms with Crippen molar-refractivity contribution in [2.45, 2.75) is 32.6 Å². The van der Waals surface area contributed by atoms with Crippen LogP contribution in [0.25, 0.3) is 0 Å². The molecule has 2 aliphatic rings. The van der Waals surface area contributed by atoms with Crippen LogP contribution < -0.4 is 0 Å². The number of carbonyl (C=O) groups is 4. The Kier molecular flexibility index (Phi) is 8.41. The molecule has 2 saturated heterocycles. The van der Waals surface area contributed by atoms with Gasteiger partial charge in [-0.1, -0.05) is 0 Å². The molecule has 1 aromatic carbocycles. The van der Waals surface area contributed by atoms with Crippen LogP contribution in [-0.2, 0) is 19.1 Å². The molecule has 3 rings (SSSR count). The van der Waals surface area contributed by atoms with Crippen molar-refractivity contribution in [1.29, 1.82) is 0 Å². The minimum Gasteiger partial charge on any atom is -0.466 e. The number of hydrogen-bond donors (Lipinski definition) is 0. The quantitative estimate of drug-likeness (QED) is 0.605. The fourth-order valence-electron chi connectivity index (χ4n) is 4.49. The number of carbonyl (C=O) groups excluding carboxylic acids is 4. The van der Waals surface area contributed by atoms with Crippen LogP contribution in [0.2, 0.25) is 0 Å². The molecule has 0 bridgehead atoms. The van der Waals surface area contributed by atoms with Crippen LogP contribution in [0.5, 0.6) is 0 Å². The number of nitrogens with zero attached hydrogens (tertiary/aromatic N) is 3. The second-order valence-corrected chi connectivity index (χ2v) is 8.72. The van der Waals surface area contributed by atoms with E-state index in [1.165, 1.54) is 29.2 Å². The lowest BCUT2D eigenvalue weighted by Crippen LogP contribution is -2.50. The van der Waals surface area contributed by atoms with E-state index in [0.29, 0.717) is 51.1 Å². The fraction of sp³-hybridized carbons (Fsp3) is 0.583. The number of ether oxygens (including phenoxy) is 1. The summed E-state index contributed by atoms with van der Waals surface area (Å²) in [5, 5.41) is 0. The van der Waals surface area contributed by atoms with Crippen molar-refractivity contribution >= 4 is 23.7 Å². The number of esters is 1. The van der Waals surface area contributed by atoms with E-state index in [4.69, 9.17) is 4.74 Å². The van der Waals surface area contributed by atoms with Crippen LogP contribution in [0.3, 0.4) is 0 Å². The summed E-state index contributed by atoms with van der Waals surface area (Å²) in [7, 11) is 1.59. The van der Waals surface area contributed by atoms with Crippen LogP contribution in [0, 0.1) is 17.7 Å². The molecule has 1 aromatic rings. The predicted molar refractivity (Wildman–Crippen MR) is 119 cm³/mol. The second kappa shape index (κ2) is 11.2. The molecule has 2 heterocycles. The van der Waals surface area contributed by atoms with Crippen molar-refractivity contribution in [3.05, 3.63) is 35.6 Å². The number of likely N-dealkylation sites (tertiary alicyclic amines) is 2. The molecule has 0 N–H and O–H groups in total. The lowest BCUT2D eigenvalue weighted by molar-refractivity contribution is -0.152. The monoisotopic (exact) mass is 461 g/mol. The van der Waals surface area contributed by atoms with Gasteiger partial charge in [0.25, 0.3) is 5.91 Å². The third kappa shape index (κ3) is 6.30. The van der Waals surface area contributed by atoms with Crippen molar-refractivity contribution in [3.8, 4) is 0 Å². The van der Waals surface area contributed by atoms with Crippen LogP contribution in [0.1, 0.15) is 43.0 Å². The summed E-state index contributed by atoms with van der Waals surface area (Å²) in [6.07, 6.45) is 2.73. The van der Waals surface area contributed by atoms with Gasteiger partial charge >= 0.3 is 5.97 Å². The SMILES string of the molecule is CCOC(=O)C1CCCN(C(=O)CN(C)C(=O)C2CCCN(C(=O)c3ccc(F)cc3)C2)C1. The van der Waals surface area contributed by atoms with Gasteiger partial charge in [0.2, 0.25) is 11.8 Å². The molecule has 0 aliphatic carbocycles. The molecule has 0 saturated carbocycles. The van der Waals surface area contributed by atoms with Gasteiger partial charge in [-0.2, -0.15) is 0 Å². The first-order chi connectivity index (χ1) is 15.8. The largest absolute Gasteiger partial charge is 0.466 e. The van der Waals surface area contributed by atoms with Crippen molar-refractivity contribution in [2.75, 3.05) is 46.4 Å². The molecule has 0 spiro atoms. The average molecular weight is 462 g/mol. The summed E-state index contributed by atoms with van der Waals surface area (Å²) in [6, 6.07) is 5.37. The fourth-order valence-corrected chi connectivity index (χ4v) is 4.49. The highest BCUT2D eigenvalue weighted by atomic mass is 19.1. The highest BCUT2D eigenvalue weighted by Crippen LogP contribution is 2.22. The number of rotatable bonds is 6. The Morgan fingerprint density at radius 1 is 1.00 bits per heavy atom. The lowest BCUT2D eigenvalue weighted by atomic mass is 9.95. The summed E-state index contributed by atoms with van der Waals surface area (Å²) < 4.78 is 18.2. The summed E-state index contributed by atoms with van der Waals surface area (Å²) in [5.41, 5.74) is 0.384. The first kappa shape index (κ1) is 24.7. The summed E-state index contributed by atoms with van der Waals surface area (Å²) >= 11 is 0. The van der Waals surface area contributed by atoms with Gasteiger partial charge in [0.15, 0.2) is 0 Å². The molecule has 0 aromatic heterocycles. The number of likely N-dealkylation sites (N-methyl/N-ethyl adjacent to an activating group) is 1. The molecule has 9 heteroatoms. The summed E-state index contributed by atoms with van der Waals surface area (Å²) in [5.74, 6) is -2.03. The molecular weight excluding hydrogens is 429 g/mol. The Balaban J connectivity index is 1.54. The number of hydrogen-bond acceptors (Lipinski definition) is 5. The highest BCUT2D eigenvalue weighted by molar-refractivity contribution is 5.95. The zero-order valence-corrected chi connectivity index (χ0v) is 19.3. The molecule has 3 amide bonds. The minimum atomic E-state index is -0.410.